The molecule has 0 saturated carbocycles. The smallest absolute Gasteiger partial charge is 0.149 e. The zero-order valence-electron chi connectivity index (χ0n) is 42.0. The summed E-state index contributed by atoms with van der Waals surface area (Å²) in [6.45, 7) is 14.5. The average Bonchev–Trinajstić information content (AvgIpc) is 3.70. The van der Waals surface area contributed by atoms with Crippen LogP contribution in [0, 0.1) is 6.85 Å². The van der Waals surface area contributed by atoms with Crippen molar-refractivity contribution in [3.63, 3.8) is 0 Å². The molecule has 0 atom stereocenters. The Balaban J connectivity index is 1.31. The van der Waals surface area contributed by atoms with Crippen molar-refractivity contribution in [3.05, 3.63) is 192 Å². The van der Waals surface area contributed by atoms with Gasteiger partial charge >= 0.3 is 0 Å². The maximum absolute atomic E-state index is 11.6. The first kappa shape index (κ1) is 37.5. The van der Waals surface area contributed by atoms with E-state index in [1.54, 1.807) is 12.1 Å². The molecular weight excluding hydrogens is 779 g/mol. The van der Waals surface area contributed by atoms with Gasteiger partial charge in [0, 0.05) is 28.4 Å². The van der Waals surface area contributed by atoms with Crippen molar-refractivity contribution < 1.29 is 10.6 Å². The second-order valence-corrected chi connectivity index (χ2v) is 19.1. The quantitative estimate of drug-likeness (QED) is 0.166. The monoisotopic (exact) mass is 839 g/mol. The number of benzene rings is 7. The van der Waals surface area contributed by atoms with E-state index in [2.05, 4.69) is 113 Å². The molecular formula is C60H57N3O. The van der Waals surface area contributed by atoms with Crippen molar-refractivity contribution >= 4 is 11.0 Å². The SMILES string of the molecule is [2H]C([2H])([2H])c1cc(-c2ccc(C(C)(C)C)cc2)c(-n2c(-c3ccccc3O)nc3c(-c4cc(-c5cc(-c6ccc(C([2H])(C)C)cc6)ccn5)cc(C(C)(C)C)c4)cccc32)cc1-c1ccccc1. The first-order chi connectivity index (χ1) is 32.1. The van der Waals surface area contributed by atoms with Gasteiger partial charge in [-0.05, 0) is 134 Å². The van der Waals surface area contributed by atoms with Gasteiger partial charge in [0.1, 0.15) is 11.6 Å². The normalized spacial score (nSPS) is 13.3. The van der Waals surface area contributed by atoms with Crippen molar-refractivity contribution in [1.29, 1.82) is 0 Å². The summed E-state index contributed by atoms with van der Waals surface area (Å²) in [7, 11) is 0. The summed E-state index contributed by atoms with van der Waals surface area (Å²) < 4.78 is 37.1. The topological polar surface area (TPSA) is 50.9 Å². The number of imidazole rings is 1. The lowest BCUT2D eigenvalue weighted by molar-refractivity contribution is 0.477. The summed E-state index contributed by atoms with van der Waals surface area (Å²) >= 11 is 0. The van der Waals surface area contributed by atoms with Gasteiger partial charge in [0.25, 0.3) is 0 Å². The molecule has 4 nitrogen and oxygen atoms in total. The number of phenolic OH excluding ortho intramolecular Hbond substituents is 1. The third kappa shape index (κ3) is 8.17. The van der Waals surface area contributed by atoms with Crippen molar-refractivity contribution in [2.45, 2.75) is 79.0 Å². The molecule has 0 aliphatic heterocycles. The second-order valence-electron chi connectivity index (χ2n) is 19.1. The van der Waals surface area contributed by atoms with E-state index in [0.717, 1.165) is 83.6 Å². The number of para-hydroxylation sites is 2. The van der Waals surface area contributed by atoms with Crippen molar-refractivity contribution in [2.75, 3.05) is 0 Å². The van der Waals surface area contributed by atoms with Crippen LogP contribution >= 0.6 is 0 Å². The highest BCUT2D eigenvalue weighted by Gasteiger charge is 2.25. The standard InChI is InChI=1S/C60H57N3O/c1-38(2)40-22-24-41(25-23-40)44-30-31-61-53(36-44)46-33-45(34-48(35-46)60(7,8)9)49-19-15-20-54-57(49)62-58(50-18-13-14-21-56(50)64)63(54)55-37-51(42-16-11-10-12-17-42)39(3)32-52(55)43-26-28-47(29-27-43)59(4,5)6/h10-38,64H,1-9H3/i3D3,38D. The van der Waals surface area contributed by atoms with Crippen LogP contribution in [0.25, 0.3) is 83.9 Å². The van der Waals surface area contributed by atoms with Crippen molar-refractivity contribution in [3.8, 4) is 78.6 Å². The molecule has 0 unspecified atom stereocenters. The Hall–Kier alpha value is -7.04. The Morgan fingerprint density at radius 1 is 0.547 bits per heavy atom. The number of hydrogen-bond acceptors (Lipinski definition) is 3. The van der Waals surface area contributed by atoms with Gasteiger partial charge in [-0.25, -0.2) is 4.98 Å². The van der Waals surface area contributed by atoms with Crippen molar-refractivity contribution in [1.82, 2.24) is 14.5 Å². The van der Waals surface area contributed by atoms with E-state index in [9.17, 15) is 5.11 Å². The second kappa shape index (κ2) is 16.6. The Labute approximate surface area is 384 Å². The molecule has 9 aromatic rings. The molecule has 0 fully saturated rings. The number of aromatic hydroxyl groups is 1. The fourth-order valence-electron chi connectivity index (χ4n) is 8.56. The third-order valence-corrected chi connectivity index (χ3v) is 12.3. The van der Waals surface area contributed by atoms with E-state index in [-0.39, 0.29) is 22.1 Å². The Kier molecular flexibility index (Phi) is 9.72. The summed E-state index contributed by atoms with van der Waals surface area (Å²) in [6.07, 6.45) is 1.85. The highest BCUT2D eigenvalue weighted by Crippen LogP contribution is 2.43. The lowest BCUT2D eigenvalue weighted by Crippen LogP contribution is -2.11. The lowest BCUT2D eigenvalue weighted by Gasteiger charge is -2.22. The van der Waals surface area contributed by atoms with Gasteiger partial charge in [-0.1, -0.05) is 165 Å². The third-order valence-electron chi connectivity index (χ3n) is 12.3. The van der Waals surface area contributed by atoms with Gasteiger partial charge in [-0.2, -0.15) is 0 Å². The predicted molar refractivity (Wildman–Crippen MR) is 269 cm³/mol. The number of nitrogens with zero attached hydrogens (tertiary/aromatic N) is 3. The summed E-state index contributed by atoms with van der Waals surface area (Å²) in [5.41, 5.74) is 14.6. The number of fused-ring (bicyclic) bond motifs is 1. The number of rotatable bonds is 8. The van der Waals surface area contributed by atoms with Crippen LogP contribution in [-0.2, 0) is 10.8 Å². The van der Waals surface area contributed by atoms with Gasteiger partial charge in [-0.3, -0.25) is 9.55 Å². The van der Waals surface area contributed by atoms with Gasteiger partial charge in [-0.15, -0.1) is 0 Å². The van der Waals surface area contributed by atoms with E-state index in [1.807, 2.05) is 105 Å². The van der Waals surface area contributed by atoms with E-state index >= 15 is 0 Å². The van der Waals surface area contributed by atoms with Gasteiger partial charge in [0.15, 0.2) is 0 Å². The predicted octanol–water partition coefficient (Wildman–Crippen LogP) is 16.2. The van der Waals surface area contributed by atoms with Crippen LogP contribution in [0.2, 0.25) is 0 Å². The Morgan fingerprint density at radius 2 is 1.20 bits per heavy atom. The zero-order chi connectivity index (χ0) is 48.3. The van der Waals surface area contributed by atoms with E-state index < -0.39 is 12.7 Å². The highest BCUT2D eigenvalue weighted by molar-refractivity contribution is 5.98. The number of phenols is 1. The minimum Gasteiger partial charge on any atom is -0.507 e. The molecule has 64 heavy (non-hydrogen) atoms. The molecule has 0 aliphatic rings. The lowest BCUT2D eigenvalue weighted by atomic mass is 9.83. The first-order valence-electron chi connectivity index (χ1n) is 24.0. The van der Waals surface area contributed by atoms with Gasteiger partial charge < -0.3 is 5.11 Å². The fraction of sp³-hybridized carbons (Fsp3) is 0.200. The molecule has 318 valence electrons. The maximum Gasteiger partial charge on any atom is 0.149 e. The number of aryl methyl sites for hydroxylation is 1. The Morgan fingerprint density at radius 3 is 1.89 bits per heavy atom. The van der Waals surface area contributed by atoms with Crippen LogP contribution in [-0.4, -0.2) is 19.6 Å². The fourth-order valence-corrected chi connectivity index (χ4v) is 8.56. The minimum absolute atomic E-state index is 0.0742. The number of aromatic nitrogens is 3. The number of pyridine rings is 1. The molecule has 0 aliphatic carbocycles. The Bertz CT molecular complexity index is 3310. The summed E-state index contributed by atoms with van der Waals surface area (Å²) in [5, 5.41) is 11.6. The van der Waals surface area contributed by atoms with Crippen LogP contribution < -0.4 is 0 Å². The van der Waals surface area contributed by atoms with E-state index in [1.165, 1.54) is 0 Å². The molecule has 2 heterocycles. The largest absolute Gasteiger partial charge is 0.507 e. The molecule has 0 amide bonds. The van der Waals surface area contributed by atoms with Crippen LogP contribution in [0.5, 0.6) is 5.75 Å². The summed E-state index contributed by atoms with van der Waals surface area (Å²) in [5.74, 6) is -0.104. The van der Waals surface area contributed by atoms with E-state index in [4.69, 9.17) is 15.5 Å². The molecule has 1 N–H and O–H groups in total. The molecule has 0 bridgehead atoms. The molecule has 2 aromatic heterocycles. The van der Waals surface area contributed by atoms with Gasteiger partial charge in [0.05, 0.1) is 28.0 Å². The molecule has 0 spiro atoms. The zero-order valence-corrected chi connectivity index (χ0v) is 38.0. The first-order valence-corrected chi connectivity index (χ1v) is 22.0. The molecule has 9 rings (SSSR count). The molecule has 0 radical (unpaired) electrons. The molecule has 0 saturated heterocycles. The molecule has 4 heteroatoms. The van der Waals surface area contributed by atoms with Crippen LogP contribution in [0.15, 0.2) is 170 Å². The van der Waals surface area contributed by atoms with Crippen LogP contribution in [0.3, 0.4) is 0 Å². The number of hydrogen-bond donors (Lipinski definition) is 1. The average molecular weight is 840 g/mol. The minimum atomic E-state index is -2.43. The van der Waals surface area contributed by atoms with E-state index in [0.29, 0.717) is 17.0 Å². The van der Waals surface area contributed by atoms with Crippen molar-refractivity contribution in [2.24, 2.45) is 0 Å². The van der Waals surface area contributed by atoms with Gasteiger partial charge in [0.2, 0.25) is 0 Å². The van der Waals surface area contributed by atoms with Crippen LogP contribution in [0.1, 0.15) is 89.0 Å². The molecule has 7 aromatic carbocycles. The van der Waals surface area contributed by atoms with Crippen LogP contribution in [0.4, 0.5) is 0 Å². The highest BCUT2D eigenvalue weighted by atomic mass is 16.3. The summed E-state index contributed by atoms with van der Waals surface area (Å²) in [4.78, 5) is 10.4. The maximum atomic E-state index is 11.6. The summed E-state index contributed by atoms with van der Waals surface area (Å²) in [6, 6.07) is 54.3.